The van der Waals surface area contributed by atoms with Crippen molar-refractivity contribution in [1.82, 2.24) is 4.90 Å². The Labute approximate surface area is 237 Å². The van der Waals surface area contributed by atoms with Crippen LogP contribution < -0.4 is 9.64 Å². The van der Waals surface area contributed by atoms with Gasteiger partial charge in [-0.05, 0) is 43.2 Å². The minimum absolute atomic E-state index is 0.247. The molecule has 1 unspecified atom stereocenters. The molecule has 208 valence electrons. The molecule has 2 amide bonds. The van der Waals surface area contributed by atoms with Crippen LogP contribution in [0.15, 0.2) is 78.9 Å². The zero-order valence-corrected chi connectivity index (χ0v) is 23.3. The smallest absolute Gasteiger partial charge is 0.311 e. The first-order chi connectivity index (χ1) is 19.3. The second-order valence-corrected chi connectivity index (χ2v) is 12.6. The lowest BCUT2D eigenvalue weighted by molar-refractivity contribution is -0.154. The number of ether oxygens (including phenoxy) is 2. The van der Waals surface area contributed by atoms with Gasteiger partial charge < -0.3 is 24.4 Å². The van der Waals surface area contributed by atoms with Gasteiger partial charge in [0, 0.05) is 17.0 Å². The third kappa shape index (κ3) is 3.97. The molecule has 4 aliphatic rings. The molecule has 0 aromatic heterocycles. The maximum absolute atomic E-state index is 14.7. The number of esters is 1. The van der Waals surface area contributed by atoms with E-state index in [-0.39, 0.29) is 25.0 Å². The number of hydrogen-bond donors (Lipinski definition) is 1. The third-order valence-corrected chi connectivity index (χ3v) is 10.3. The summed E-state index contributed by atoms with van der Waals surface area (Å²) in [5.74, 6) is -1.96. The van der Waals surface area contributed by atoms with E-state index in [1.54, 1.807) is 24.1 Å². The number of methoxy groups -OCH3 is 1. The van der Waals surface area contributed by atoms with Crippen LogP contribution >= 0.6 is 11.8 Å². The van der Waals surface area contributed by atoms with E-state index in [1.165, 1.54) is 16.7 Å². The van der Waals surface area contributed by atoms with Gasteiger partial charge in [0.2, 0.25) is 5.91 Å². The van der Waals surface area contributed by atoms with Crippen LogP contribution in [-0.4, -0.2) is 70.2 Å². The Balaban J connectivity index is 1.52. The van der Waals surface area contributed by atoms with Gasteiger partial charge in [0.15, 0.2) is 0 Å². The van der Waals surface area contributed by atoms with Gasteiger partial charge in [-0.2, -0.15) is 0 Å². The first-order valence-electron chi connectivity index (χ1n) is 13.5. The molecule has 2 aromatic rings. The summed E-state index contributed by atoms with van der Waals surface area (Å²) in [5, 5.41) is 10.7. The van der Waals surface area contributed by atoms with Crippen LogP contribution in [0.3, 0.4) is 0 Å². The number of likely N-dealkylation sites (tertiary alicyclic amines) is 1. The number of anilines is 1. The normalized spacial score (nSPS) is 32.0. The fourth-order valence-electron chi connectivity index (χ4n) is 6.79. The second kappa shape index (κ2) is 10.1. The molecule has 0 aliphatic carbocycles. The number of carbonyl (C=O) groups is 3. The first-order valence-corrected chi connectivity index (χ1v) is 14.3. The van der Waals surface area contributed by atoms with Crippen LogP contribution in [0.4, 0.5) is 5.69 Å². The highest BCUT2D eigenvalue weighted by molar-refractivity contribution is 8.02. The van der Waals surface area contributed by atoms with Gasteiger partial charge in [-0.3, -0.25) is 14.4 Å². The summed E-state index contributed by atoms with van der Waals surface area (Å²) in [6.45, 7) is 2.14. The lowest BCUT2D eigenvalue weighted by Crippen LogP contribution is -2.54. The molecular weight excluding hydrogens is 528 g/mol. The van der Waals surface area contributed by atoms with Gasteiger partial charge in [-0.25, -0.2) is 0 Å². The summed E-state index contributed by atoms with van der Waals surface area (Å²) < 4.78 is 9.14. The molecule has 4 aliphatic heterocycles. The molecule has 2 fully saturated rings. The summed E-state index contributed by atoms with van der Waals surface area (Å²) in [6, 6.07) is 14.7. The topological polar surface area (TPSA) is 96.4 Å². The SMILES string of the molecule is COc1ccc(N2CC=C[C@]34S[C@]5(C)C=CCCOC(=O)[C@@H]5[C@H]3C(=O)N([C@H](CO)c3ccccc3)C4C2=O)cc1. The van der Waals surface area contributed by atoms with Crippen molar-refractivity contribution in [2.45, 2.75) is 34.9 Å². The van der Waals surface area contributed by atoms with Gasteiger partial charge in [-0.1, -0.05) is 54.6 Å². The van der Waals surface area contributed by atoms with Crippen LogP contribution in [0.2, 0.25) is 0 Å². The van der Waals surface area contributed by atoms with Gasteiger partial charge in [-0.15, -0.1) is 11.8 Å². The predicted octanol–water partition coefficient (Wildman–Crippen LogP) is 3.52. The Morgan fingerprint density at radius 1 is 1.02 bits per heavy atom. The lowest BCUT2D eigenvalue weighted by atomic mass is 9.74. The average Bonchev–Trinajstić information content (AvgIpc) is 3.28. The van der Waals surface area contributed by atoms with E-state index in [2.05, 4.69) is 0 Å². The molecule has 9 heteroatoms. The van der Waals surface area contributed by atoms with Crippen molar-refractivity contribution >= 4 is 35.2 Å². The van der Waals surface area contributed by atoms with Crippen molar-refractivity contribution in [1.29, 1.82) is 0 Å². The standard InChI is InChI=1S/C31H32N2O6S/c1-30-15-6-7-18-39-29(37)25(30)24-27(35)33(23(19-34)20-9-4-3-5-10-20)26-28(36)32(17-8-16-31(24,26)40-30)21-11-13-22(38-2)14-12-21/h3-6,8-16,23-26,34H,7,17-19H2,1-2H3/t23-,24+,25+,26?,30-,31+/m1/s1. The van der Waals surface area contributed by atoms with Crippen LogP contribution in [0.25, 0.3) is 0 Å². The summed E-state index contributed by atoms with van der Waals surface area (Å²) in [6.07, 6.45) is 8.48. The van der Waals surface area contributed by atoms with Crippen LogP contribution in [0.5, 0.6) is 5.75 Å². The van der Waals surface area contributed by atoms with E-state index in [0.717, 1.165) is 5.56 Å². The predicted molar refractivity (Wildman–Crippen MR) is 152 cm³/mol. The summed E-state index contributed by atoms with van der Waals surface area (Å²) in [4.78, 5) is 46.0. The molecule has 1 N–H and O–H groups in total. The summed E-state index contributed by atoms with van der Waals surface area (Å²) in [5.41, 5.74) is 1.39. The summed E-state index contributed by atoms with van der Waals surface area (Å²) in [7, 11) is 1.58. The molecule has 6 atom stereocenters. The van der Waals surface area contributed by atoms with Crippen LogP contribution in [0, 0.1) is 11.8 Å². The van der Waals surface area contributed by atoms with E-state index in [4.69, 9.17) is 9.47 Å². The highest BCUT2D eigenvalue weighted by Crippen LogP contribution is 2.66. The Kier molecular flexibility index (Phi) is 6.74. The minimum Gasteiger partial charge on any atom is -0.497 e. The number of rotatable bonds is 5. The average molecular weight is 561 g/mol. The van der Waals surface area contributed by atoms with Crippen molar-refractivity contribution in [3.63, 3.8) is 0 Å². The molecule has 6 rings (SSSR count). The Morgan fingerprint density at radius 2 is 1.77 bits per heavy atom. The number of nitrogens with zero attached hydrogens (tertiary/aromatic N) is 2. The lowest BCUT2D eigenvalue weighted by Gasteiger charge is -2.40. The van der Waals surface area contributed by atoms with E-state index in [1.807, 2.05) is 73.7 Å². The molecule has 4 heterocycles. The van der Waals surface area contributed by atoms with Gasteiger partial charge in [0.1, 0.15) is 11.8 Å². The van der Waals surface area contributed by atoms with E-state index < -0.39 is 39.4 Å². The van der Waals surface area contributed by atoms with E-state index in [0.29, 0.717) is 24.4 Å². The van der Waals surface area contributed by atoms with Crippen molar-refractivity contribution in [2.24, 2.45) is 11.8 Å². The number of aliphatic hydroxyl groups is 1. The fraction of sp³-hybridized carbons (Fsp3) is 0.387. The van der Waals surface area contributed by atoms with Gasteiger partial charge in [0.25, 0.3) is 5.91 Å². The molecule has 8 nitrogen and oxygen atoms in total. The Morgan fingerprint density at radius 3 is 2.48 bits per heavy atom. The van der Waals surface area contributed by atoms with Crippen molar-refractivity contribution < 1.29 is 29.0 Å². The Hall–Kier alpha value is -3.56. The molecule has 0 radical (unpaired) electrons. The molecular formula is C31H32N2O6S. The number of cyclic esters (lactones) is 1. The van der Waals surface area contributed by atoms with E-state index >= 15 is 0 Å². The Bertz CT molecular complexity index is 1380. The van der Waals surface area contributed by atoms with Crippen molar-refractivity contribution in [3.8, 4) is 5.75 Å². The number of benzene rings is 2. The quantitative estimate of drug-likeness (QED) is 0.442. The zero-order chi connectivity index (χ0) is 28.1. The molecule has 2 aromatic carbocycles. The summed E-state index contributed by atoms with van der Waals surface area (Å²) >= 11 is 1.49. The van der Waals surface area contributed by atoms with Crippen LogP contribution in [-0.2, 0) is 19.1 Å². The van der Waals surface area contributed by atoms with Crippen molar-refractivity contribution in [3.05, 3.63) is 84.5 Å². The maximum Gasteiger partial charge on any atom is 0.311 e. The second-order valence-electron chi connectivity index (χ2n) is 10.8. The molecule has 40 heavy (non-hydrogen) atoms. The molecule has 0 bridgehead atoms. The fourth-order valence-corrected chi connectivity index (χ4v) is 8.93. The number of amides is 2. The minimum atomic E-state index is -1.04. The van der Waals surface area contributed by atoms with Gasteiger partial charge in [0.05, 0.1) is 42.9 Å². The molecule has 2 saturated heterocycles. The van der Waals surface area contributed by atoms with E-state index in [9.17, 15) is 19.5 Å². The first kappa shape index (κ1) is 26.7. The van der Waals surface area contributed by atoms with Gasteiger partial charge >= 0.3 is 5.97 Å². The number of aliphatic hydroxyl groups excluding tert-OH is 1. The molecule has 0 saturated carbocycles. The zero-order valence-electron chi connectivity index (χ0n) is 22.4. The number of thioether (sulfide) groups is 1. The number of fused-ring (bicyclic) bond motifs is 2. The highest BCUT2D eigenvalue weighted by Gasteiger charge is 2.74. The maximum atomic E-state index is 14.7. The molecule has 1 spiro atoms. The largest absolute Gasteiger partial charge is 0.497 e. The van der Waals surface area contributed by atoms with Crippen molar-refractivity contribution in [2.75, 3.05) is 31.8 Å². The highest BCUT2D eigenvalue weighted by atomic mass is 32.2. The monoisotopic (exact) mass is 560 g/mol. The number of carbonyl (C=O) groups excluding carboxylic acids is 3. The number of hydrogen-bond acceptors (Lipinski definition) is 7. The van der Waals surface area contributed by atoms with Crippen LogP contribution in [0.1, 0.15) is 24.9 Å². The third-order valence-electron chi connectivity index (χ3n) is 8.53.